The van der Waals surface area contributed by atoms with E-state index in [4.69, 9.17) is 44.3 Å². The Balaban J connectivity index is 1.44. The van der Waals surface area contributed by atoms with Gasteiger partial charge in [0, 0.05) is 57.0 Å². The number of alkyl halides is 3. The van der Waals surface area contributed by atoms with Crippen LogP contribution in [0.4, 0.5) is 11.4 Å². The van der Waals surface area contributed by atoms with Gasteiger partial charge in [-0.05, 0) is 75.6 Å². The van der Waals surface area contributed by atoms with Gasteiger partial charge in [0.15, 0.2) is 5.60 Å². The number of ether oxygens (including phenoxy) is 2. The van der Waals surface area contributed by atoms with E-state index in [0.29, 0.717) is 42.5 Å². The van der Waals surface area contributed by atoms with E-state index in [1.165, 1.54) is 33.1 Å². The lowest BCUT2D eigenvalue weighted by molar-refractivity contribution is -0.156. The Kier molecular flexibility index (Phi) is 12.3. The van der Waals surface area contributed by atoms with Gasteiger partial charge < -0.3 is 24.2 Å². The van der Waals surface area contributed by atoms with Gasteiger partial charge in [-0.15, -0.1) is 0 Å². The molecular weight excluding hydrogens is 665 g/mol. The summed E-state index contributed by atoms with van der Waals surface area (Å²) in [6.07, 6.45) is 6.76. The van der Waals surface area contributed by atoms with E-state index in [9.17, 15) is 14.4 Å². The molecule has 1 aliphatic carbocycles. The van der Waals surface area contributed by atoms with Gasteiger partial charge in [0.05, 0.1) is 12.3 Å². The monoisotopic (exact) mass is 707 g/mol. The molecule has 0 bridgehead atoms. The standard InChI is InChI=1S/C34H44Cl3N5O5/c1-33(2,34(35,36)37)47-30(44)22-42-21-24-20-27(46-19-9-12-29(43)41(5)26-10-7-6-8-11-26)17-18-28(24)38-32(42)39-31(45)23-13-15-25(16-14-23)40(3)4/h13-18,20,26H,6-12,19,21-22H2,1-5H3,(H,38,39,45). The number of hydrogen-bond acceptors (Lipinski definition) is 8. The Bertz CT molecular complexity index is 1450. The summed E-state index contributed by atoms with van der Waals surface area (Å²) >= 11 is 18.1. The molecule has 1 saturated carbocycles. The minimum Gasteiger partial charge on any atom is -0.494 e. The van der Waals surface area contributed by atoms with Crippen molar-refractivity contribution in [3.63, 3.8) is 0 Å². The maximum atomic E-state index is 13.2. The quantitative estimate of drug-likeness (QED) is 0.159. The summed E-state index contributed by atoms with van der Waals surface area (Å²) in [5.41, 5.74) is 1.35. The molecule has 1 N–H and O–H groups in total. The third-order valence-corrected chi connectivity index (χ3v) is 9.87. The third kappa shape index (κ3) is 9.90. The van der Waals surface area contributed by atoms with Crippen molar-refractivity contribution in [2.24, 2.45) is 4.99 Å². The average Bonchev–Trinajstić information content (AvgIpc) is 3.02. The number of nitrogens with one attached hydrogen (secondary N) is 1. The van der Waals surface area contributed by atoms with Crippen LogP contribution in [-0.2, 0) is 20.9 Å². The van der Waals surface area contributed by atoms with Crippen molar-refractivity contribution in [2.45, 2.75) is 80.8 Å². The van der Waals surface area contributed by atoms with Gasteiger partial charge in [-0.3, -0.25) is 19.7 Å². The number of anilines is 1. The molecule has 1 heterocycles. The minimum atomic E-state index is -1.86. The molecule has 0 atom stereocenters. The maximum Gasteiger partial charge on any atom is 0.326 e. The Hall–Kier alpha value is -3.21. The molecule has 256 valence electrons. The fraction of sp³-hybridized carbons (Fsp3) is 0.529. The molecular formula is C34H44Cl3N5O5. The SMILES string of the molecule is CN(C)c1ccc(C(=O)NC2=Nc3ccc(OCCCC(=O)N(C)C4CCCCC4)cc3CN2CC(=O)OC(C)(C)C(Cl)(Cl)Cl)cc1. The predicted molar refractivity (Wildman–Crippen MR) is 187 cm³/mol. The highest BCUT2D eigenvalue weighted by atomic mass is 35.6. The summed E-state index contributed by atoms with van der Waals surface area (Å²) in [4.78, 5) is 49.1. The Morgan fingerprint density at radius 1 is 1.00 bits per heavy atom. The molecule has 10 nitrogen and oxygen atoms in total. The number of halogens is 3. The largest absolute Gasteiger partial charge is 0.494 e. The zero-order valence-electron chi connectivity index (χ0n) is 27.7. The molecule has 2 amide bonds. The minimum absolute atomic E-state index is 0.143. The van der Waals surface area contributed by atoms with E-state index in [-0.39, 0.29) is 30.9 Å². The van der Waals surface area contributed by atoms with Crippen molar-refractivity contribution < 1.29 is 23.9 Å². The molecule has 0 aromatic heterocycles. The normalized spacial score (nSPS) is 15.3. The first-order chi connectivity index (χ1) is 22.1. The molecule has 0 radical (unpaired) electrons. The van der Waals surface area contributed by atoms with Crippen LogP contribution in [0, 0.1) is 0 Å². The second-order valence-electron chi connectivity index (χ2n) is 12.7. The molecule has 2 aromatic rings. The van der Waals surface area contributed by atoms with Crippen molar-refractivity contribution in [1.82, 2.24) is 15.1 Å². The maximum absolute atomic E-state index is 13.2. The molecule has 47 heavy (non-hydrogen) atoms. The van der Waals surface area contributed by atoms with Crippen molar-refractivity contribution in [3.8, 4) is 5.75 Å². The number of benzene rings is 2. The number of hydrogen-bond donors (Lipinski definition) is 1. The first-order valence-electron chi connectivity index (χ1n) is 15.9. The zero-order chi connectivity index (χ0) is 34.4. The Labute approximate surface area is 292 Å². The number of carbonyl (C=O) groups is 3. The highest BCUT2D eigenvalue weighted by Crippen LogP contribution is 2.40. The van der Waals surface area contributed by atoms with Gasteiger partial charge in [0.25, 0.3) is 5.91 Å². The smallest absolute Gasteiger partial charge is 0.326 e. The fourth-order valence-corrected chi connectivity index (χ4v) is 5.58. The number of rotatable bonds is 11. The topological polar surface area (TPSA) is 104 Å². The van der Waals surface area contributed by atoms with Crippen LogP contribution in [0.1, 0.15) is 74.7 Å². The highest BCUT2D eigenvalue weighted by molar-refractivity contribution is 6.68. The van der Waals surface area contributed by atoms with Crippen LogP contribution in [0.3, 0.4) is 0 Å². The summed E-state index contributed by atoms with van der Waals surface area (Å²) in [6.45, 7) is 3.33. The zero-order valence-corrected chi connectivity index (χ0v) is 29.9. The summed E-state index contributed by atoms with van der Waals surface area (Å²) in [6, 6.07) is 12.9. The summed E-state index contributed by atoms with van der Waals surface area (Å²) in [5, 5.41) is 2.84. The van der Waals surface area contributed by atoms with Crippen molar-refractivity contribution in [1.29, 1.82) is 0 Å². The lowest BCUT2D eigenvalue weighted by Crippen LogP contribution is -2.49. The number of fused-ring (bicyclic) bond motifs is 1. The van der Waals surface area contributed by atoms with Gasteiger partial charge >= 0.3 is 5.97 Å². The van der Waals surface area contributed by atoms with E-state index in [2.05, 4.69) is 10.3 Å². The first-order valence-corrected chi connectivity index (χ1v) is 17.0. The molecule has 1 aliphatic heterocycles. The summed E-state index contributed by atoms with van der Waals surface area (Å²) in [7, 11) is 5.74. The summed E-state index contributed by atoms with van der Waals surface area (Å²) < 4.78 is 9.66. The molecule has 1 fully saturated rings. The lowest BCUT2D eigenvalue weighted by atomic mass is 9.94. The van der Waals surface area contributed by atoms with E-state index < -0.39 is 15.4 Å². The highest BCUT2D eigenvalue weighted by Gasteiger charge is 2.44. The molecule has 0 spiro atoms. The first kappa shape index (κ1) is 36.6. The number of carbonyl (C=O) groups excluding carboxylic acids is 3. The number of amides is 2. The number of guanidine groups is 1. The number of esters is 1. The molecule has 2 aromatic carbocycles. The molecule has 13 heteroatoms. The van der Waals surface area contributed by atoms with Crippen molar-refractivity contribution >= 4 is 69.9 Å². The van der Waals surface area contributed by atoms with E-state index in [1.807, 2.05) is 49.1 Å². The molecule has 4 rings (SSSR count). The van der Waals surface area contributed by atoms with Crippen LogP contribution < -0.4 is 15.0 Å². The Morgan fingerprint density at radius 2 is 1.68 bits per heavy atom. The molecule has 2 aliphatic rings. The Morgan fingerprint density at radius 3 is 2.32 bits per heavy atom. The average molecular weight is 709 g/mol. The van der Waals surface area contributed by atoms with E-state index >= 15 is 0 Å². The van der Waals surface area contributed by atoms with Gasteiger partial charge in [0.2, 0.25) is 15.7 Å². The molecule has 0 saturated heterocycles. The van der Waals surface area contributed by atoms with Crippen LogP contribution in [0.25, 0.3) is 0 Å². The van der Waals surface area contributed by atoms with Gasteiger partial charge in [-0.1, -0.05) is 54.1 Å². The van der Waals surface area contributed by atoms with Gasteiger partial charge in [-0.25, -0.2) is 4.99 Å². The van der Waals surface area contributed by atoms with Crippen LogP contribution in [-0.4, -0.2) is 83.3 Å². The number of nitrogens with zero attached hydrogens (tertiary/aromatic N) is 4. The third-order valence-electron chi connectivity index (χ3n) is 8.50. The predicted octanol–water partition coefficient (Wildman–Crippen LogP) is 6.63. The second kappa shape index (κ2) is 15.8. The van der Waals surface area contributed by atoms with Gasteiger partial charge in [0.1, 0.15) is 12.3 Å². The van der Waals surface area contributed by atoms with Crippen LogP contribution in [0.2, 0.25) is 0 Å². The van der Waals surface area contributed by atoms with E-state index in [0.717, 1.165) is 24.1 Å². The van der Waals surface area contributed by atoms with Crippen molar-refractivity contribution in [3.05, 3.63) is 53.6 Å². The lowest BCUT2D eigenvalue weighted by Gasteiger charge is -2.34. The fourth-order valence-electron chi connectivity index (χ4n) is 5.47. The van der Waals surface area contributed by atoms with Crippen LogP contribution in [0.15, 0.2) is 47.5 Å². The van der Waals surface area contributed by atoms with Crippen molar-refractivity contribution in [2.75, 3.05) is 39.2 Å². The molecule has 0 unspecified atom stereocenters. The van der Waals surface area contributed by atoms with Crippen LogP contribution in [0.5, 0.6) is 5.75 Å². The van der Waals surface area contributed by atoms with E-state index in [1.54, 1.807) is 29.2 Å². The number of aliphatic imine (C=N–C) groups is 1. The summed E-state index contributed by atoms with van der Waals surface area (Å²) in [5.74, 6) is -0.125. The second-order valence-corrected chi connectivity index (χ2v) is 15.0. The van der Waals surface area contributed by atoms with Crippen LogP contribution >= 0.6 is 34.8 Å². The van der Waals surface area contributed by atoms with Gasteiger partial charge in [-0.2, -0.15) is 0 Å².